The van der Waals surface area contributed by atoms with Crippen molar-refractivity contribution in [2.24, 2.45) is 4.99 Å². The molecular formula is C8H7NO2. The monoisotopic (exact) mass is 149 g/mol. The number of ketones is 1. The van der Waals surface area contributed by atoms with Crippen molar-refractivity contribution in [2.75, 3.05) is 6.61 Å². The fourth-order valence-corrected chi connectivity index (χ4v) is 1.11. The van der Waals surface area contributed by atoms with Crippen molar-refractivity contribution in [1.82, 2.24) is 0 Å². The number of nitrogens with zero attached hydrogens (tertiary/aromatic N) is 1. The summed E-state index contributed by atoms with van der Waals surface area (Å²) in [5.41, 5.74) is 1.87. The number of ether oxygens (including phenoxy) is 1. The van der Waals surface area contributed by atoms with Crippen LogP contribution in [0.3, 0.4) is 0 Å². The van der Waals surface area contributed by atoms with E-state index in [9.17, 15) is 4.79 Å². The molecule has 0 aliphatic carbocycles. The largest absolute Gasteiger partial charge is 0.495 e. The van der Waals surface area contributed by atoms with Gasteiger partial charge in [-0.05, 0) is 11.6 Å². The molecule has 0 N–H and O–H groups in total. The van der Waals surface area contributed by atoms with Crippen molar-refractivity contribution in [3.63, 3.8) is 0 Å². The highest BCUT2D eigenvalue weighted by atomic mass is 16.5. The van der Waals surface area contributed by atoms with Crippen molar-refractivity contribution in [3.8, 4) is 0 Å². The summed E-state index contributed by atoms with van der Waals surface area (Å²) in [4.78, 5) is 14.8. The SMILES string of the molecule is O=C1C=NC2=C(C=COC2)C1. The summed E-state index contributed by atoms with van der Waals surface area (Å²) in [6.07, 6.45) is 5.24. The summed E-state index contributed by atoms with van der Waals surface area (Å²) in [7, 11) is 0. The Morgan fingerprint density at radius 3 is 3.36 bits per heavy atom. The maximum Gasteiger partial charge on any atom is 0.178 e. The van der Waals surface area contributed by atoms with Gasteiger partial charge in [-0.25, -0.2) is 0 Å². The molecule has 3 nitrogen and oxygen atoms in total. The van der Waals surface area contributed by atoms with Crippen LogP contribution in [-0.4, -0.2) is 18.6 Å². The lowest BCUT2D eigenvalue weighted by atomic mass is 10.0. The average molecular weight is 149 g/mol. The molecular weight excluding hydrogens is 142 g/mol. The molecule has 0 saturated carbocycles. The van der Waals surface area contributed by atoms with Crippen molar-refractivity contribution < 1.29 is 9.53 Å². The zero-order valence-electron chi connectivity index (χ0n) is 5.91. The molecule has 3 heteroatoms. The third-order valence-corrected chi connectivity index (χ3v) is 1.69. The Balaban J connectivity index is 2.34. The molecule has 0 aromatic carbocycles. The Labute approximate surface area is 64.1 Å². The highest BCUT2D eigenvalue weighted by Crippen LogP contribution is 2.19. The third-order valence-electron chi connectivity index (χ3n) is 1.69. The number of hydrogen-bond acceptors (Lipinski definition) is 3. The van der Waals surface area contributed by atoms with E-state index in [-0.39, 0.29) is 5.78 Å². The highest BCUT2D eigenvalue weighted by Gasteiger charge is 2.15. The molecule has 0 aromatic rings. The van der Waals surface area contributed by atoms with E-state index in [0.29, 0.717) is 13.0 Å². The van der Waals surface area contributed by atoms with Gasteiger partial charge in [0, 0.05) is 6.42 Å². The molecule has 0 spiro atoms. The van der Waals surface area contributed by atoms with Crippen molar-refractivity contribution in [2.45, 2.75) is 6.42 Å². The van der Waals surface area contributed by atoms with E-state index < -0.39 is 0 Å². The first-order valence-corrected chi connectivity index (χ1v) is 3.43. The minimum atomic E-state index is 0.0651. The van der Waals surface area contributed by atoms with Crippen LogP contribution in [0.15, 0.2) is 28.6 Å². The highest BCUT2D eigenvalue weighted by molar-refractivity contribution is 6.29. The standard InChI is InChI=1S/C8H7NO2/c10-7-3-6-1-2-11-5-8(6)9-4-7/h1-2,4H,3,5H2. The number of hydrogen-bond donors (Lipinski definition) is 0. The summed E-state index contributed by atoms with van der Waals surface area (Å²) in [5.74, 6) is 0.0651. The van der Waals surface area contributed by atoms with Crippen LogP contribution < -0.4 is 0 Å². The quantitative estimate of drug-likeness (QED) is 0.511. The molecule has 0 amide bonds. The number of allylic oxidation sites excluding steroid dienone is 2. The van der Waals surface area contributed by atoms with Crippen LogP contribution in [0, 0.1) is 0 Å². The summed E-state index contributed by atoms with van der Waals surface area (Å²) < 4.78 is 5.01. The van der Waals surface area contributed by atoms with Crippen molar-refractivity contribution in [1.29, 1.82) is 0 Å². The van der Waals surface area contributed by atoms with Gasteiger partial charge in [-0.1, -0.05) is 0 Å². The molecule has 2 aliphatic rings. The molecule has 2 aliphatic heterocycles. The summed E-state index contributed by atoms with van der Waals surface area (Å²) in [6.45, 7) is 0.496. The summed E-state index contributed by atoms with van der Waals surface area (Å²) >= 11 is 0. The van der Waals surface area contributed by atoms with E-state index in [4.69, 9.17) is 4.74 Å². The van der Waals surface area contributed by atoms with Crippen LogP contribution >= 0.6 is 0 Å². The predicted molar refractivity (Wildman–Crippen MR) is 40.2 cm³/mol. The topological polar surface area (TPSA) is 38.7 Å². The van der Waals surface area contributed by atoms with E-state index in [1.165, 1.54) is 6.21 Å². The first-order valence-electron chi connectivity index (χ1n) is 3.43. The molecule has 0 bridgehead atoms. The van der Waals surface area contributed by atoms with Gasteiger partial charge in [-0.3, -0.25) is 9.79 Å². The number of carbonyl (C=O) groups excluding carboxylic acids is 1. The normalized spacial score (nSPS) is 21.6. The minimum Gasteiger partial charge on any atom is -0.495 e. The molecule has 0 unspecified atom stereocenters. The van der Waals surface area contributed by atoms with E-state index in [0.717, 1.165) is 11.3 Å². The average Bonchev–Trinajstić information content (AvgIpc) is 2.04. The van der Waals surface area contributed by atoms with Crippen molar-refractivity contribution >= 4 is 12.0 Å². The van der Waals surface area contributed by atoms with E-state index in [2.05, 4.69) is 4.99 Å². The zero-order valence-corrected chi connectivity index (χ0v) is 5.91. The second kappa shape index (κ2) is 2.34. The Bertz CT molecular complexity index is 286. The third kappa shape index (κ3) is 1.09. The van der Waals surface area contributed by atoms with Gasteiger partial charge in [0.15, 0.2) is 5.78 Å². The summed E-state index contributed by atoms with van der Waals surface area (Å²) in [5, 5.41) is 0. The first kappa shape index (κ1) is 6.34. The van der Waals surface area contributed by atoms with Crippen LogP contribution in [0.1, 0.15) is 6.42 Å². The summed E-state index contributed by atoms with van der Waals surface area (Å²) in [6, 6.07) is 0. The zero-order chi connectivity index (χ0) is 7.68. The molecule has 2 rings (SSSR count). The Morgan fingerprint density at radius 1 is 1.55 bits per heavy atom. The lowest BCUT2D eigenvalue weighted by Crippen LogP contribution is -2.12. The molecule has 0 saturated heterocycles. The van der Waals surface area contributed by atoms with Crippen LogP contribution in [0.25, 0.3) is 0 Å². The number of Topliss-reactive ketones (excluding diaryl/α,β-unsaturated/α-hetero) is 1. The lowest BCUT2D eigenvalue weighted by Gasteiger charge is -2.14. The van der Waals surface area contributed by atoms with Gasteiger partial charge in [0.25, 0.3) is 0 Å². The molecule has 11 heavy (non-hydrogen) atoms. The number of carbonyl (C=O) groups is 1. The minimum absolute atomic E-state index is 0.0651. The second-order valence-corrected chi connectivity index (χ2v) is 2.49. The molecule has 0 aromatic heterocycles. The van der Waals surface area contributed by atoms with Gasteiger partial charge in [0.1, 0.15) is 6.61 Å². The van der Waals surface area contributed by atoms with Gasteiger partial charge in [-0.15, -0.1) is 0 Å². The Hall–Kier alpha value is -1.38. The Kier molecular flexibility index (Phi) is 1.35. The van der Waals surface area contributed by atoms with Crippen LogP contribution in [0.5, 0.6) is 0 Å². The fourth-order valence-electron chi connectivity index (χ4n) is 1.11. The number of aliphatic imine (C=N–C) groups is 1. The molecule has 0 radical (unpaired) electrons. The molecule has 56 valence electrons. The molecule has 0 atom stereocenters. The maximum atomic E-state index is 10.9. The molecule has 2 heterocycles. The van der Waals surface area contributed by atoms with E-state index in [1.807, 2.05) is 0 Å². The first-order chi connectivity index (χ1) is 5.36. The van der Waals surface area contributed by atoms with Crippen molar-refractivity contribution in [3.05, 3.63) is 23.6 Å². The predicted octanol–water partition coefficient (Wildman–Crippen LogP) is 0.828. The maximum absolute atomic E-state index is 10.9. The van der Waals surface area contributed by atoms with Crippen LogP contribution in [-0.2, 0) is 9.53 Å². The van der Waals surface area contributed by atoms with E-state index in [1.54, 1.807) is 12.3 Å². The van der Waals surface area contributed by atoms with Gasteiger partial charge >= 0.3 is 0 Å². The van der Waals surface area contributed by atoms with Crippen LogP contribution in [0.2, 0.25) is 0 Å². The fraction of sp³-hybridized carbons (Fsp3) is 0.250. The van der Waals surface area contributed by atoms with Crippen LogP contribution in [0.4, 0.5) is 0 Å². The molecule has 0 fully saturated rings. The smallest absolute Gasteiger partial charge is 0.178 e. The van der Waals surface area contributed by atoms with E-state index >= 15 is 0 Å². The Morgan fingerprint density at radius 2 is 2.45 bits per heavy atom. The van der Waals surface area contributed by atoms with Gasteiger partial charge in [-0.2, -0.15) is 0 Å². The number of rotatable bonds is 0. The lowest BCUT2D eigenvalue weighted by molar-refractivity contribution is -0.112. The van der Waals surface area contributed by atoms with Gasteiger partial charge < -0.3 is 4.74 Å². The van der Waals surface area contributed by atoms with Gasteiger partial charge in [0.05, 0.1) is 18.2 Å². The second-order valence-electron chi connectivity index (χ2n) is 2.49. The van der Waals surface area contributed by atoms with Gasteiger partial charge in [0.2, 0.25) is 0 Å².